The van der Waals surface area contributed by atoms with E-state index in [2.05, 4.69) is 16.8 Å². The molecule has 164 valence electrons. The van der Waals surface area contributed by atoms with E-state index >= 15 is 0 Å². The molecule has 6 nitrogen and oxygen atoms in total. The summed E-state index contributed by atoms with van der Waals surface area (Å²) in [4.78, 5) is 18.5. The molecule has 3 atom stereocenters. The third-order valence-corrected chi connectivity index (χ3v) is 6.95. The number of fused-ring (bicyclic) bond motifs is 1. The van der Waals surface area contributed by atoms with Gasteiger partial charge in [-0.3, -0.25) is 9.78 Å². The van der Waals surface area contributed by atoms with Crippen molar-refractivity contribution < 1.29 is 19.7 Å². The topological polar surface area (TPSA) is 82.9 Å². The summed E-state index contributed by atoms with van der Waals surface area (Å²) in [6.45, 7) is 4.63. The van der Waals surface area contributed by atoms with Crippen molar-refractivity contribution in [2.24, 2.45) is 11.8 Å². The first-order valence-corrected chi connectivity index (χ1v) is 11.8. The first kappa shape index (κ1) is 22.8. The highest BCUT2D eigenvalue weighted by atomic mass is 32.2. The van der Waals surface area contributed by atoms with Gasteiger partial charge in [-0.25, -0.2) is 0 Å². The van der Waals surface area contributed by atoms with Gasteiger partial charge in [-0.15, -0.1) is 0 Å². The highest BCUT2D eigenvalue weighted by Gasteiger charge is 2.34. The summed E-state index contributed by atoms with van der Waals surface area (Å²) in [5.74, 6) is 1.86. The number of pyridine rings is 1. The molecule has 0 radical (unpaired) electrons. The van der Waals surface area contributed by atoms with Gasteiger partial charge >= 0.3 is 5.97 Å². The quantitative estimate of drug-likeness (QED) is 0.552. The highest BCUT2D eigenvalue weighted by molar-refractivity contribution is 7.99. The monoisotopic (exact) mass is 432 g/mol. The van der Waals surface area contributed by atoms with Crippen LogP contribution in [0.15, 0.2) is 30.5 Å². The zero-order valence-electron chi connectivity index (χ0n) is 17.8. The van der Waals surface area contributed by atoms with E-state index in [1.165, 1.54) is 0 Å². The Hall–Kier alpha value is -1.83. The van der Waals surface area contributed by atoms with E-state index in [0.717, 1.165) is 53.2 Å². The minimum Gasteiger partial charge on any atom is -0.497 e. The molecule has 1 aliphatic heterocycles. The molecule has 1 aromatic heterocycles. The van der Waals surface area contributed by atoms with Crippen molar-refractivity contribution in [2.75, 3.05) is 38.2 Å². The number of carboxylic acids is 1. The Kier molecular flexibility index (Phi) is 8.36. The molecule has 1 fully saturated rings. The van der Waals surface area contributed by atoms with Crippen molar-refractivity contribution in [1.82, 2.24) is 9.88 Å². The molecule has 1 unspecified atom stereocenters. The number of hydrogen-bond acceptors (Lipinski definition) is 6. The second-order valence-corrected chi connectivity index (χ2v) is 9.26. The minimum absolute atomic E-state index is 0.0925. The number of carbonyl (C=O) groups is 1. The molecule has 2 heterocycles. The molecule has 1 aliphatic rings. The van der Waals surface area contributed by atoms with Crippen LogP contribution in [0.1, 0.15) is 37.9 Å². The molecular formula is C23H32N2O4S. The fraction of sp³-hybridized carbons (Fsp3) is 0.565. The number of rotatable bonds is 10. The van der Waals surface area contributed by atoms with Gasteiger partial charge in [-0.05, 0) is 67.3 Å². The third kappa shape index (κ3) is 5.65. The first-order chi connectivity index (χ1) is 14.5. The number of carboxylic acid groups (broad SMARTS) is 1. The maximum absolute atomic E-state index is 11.9. The summed E-state index contributed by atoms with van der Waals surface area (Å²) in [7, 11) is 1.62. The van der Waals surface area contributed by atoms with E-state index in [9.17, 15) is 15.0 Å². The Labute approximate surface area is 182 Å². The van der Waals surface area contributed by atoms with Crippen molar-refractivity contribution in [3.63, 3.8) is 0 Å². The number of aliphatic hydroxyl groups excluding tert-OH is 1. The predicted octanol–water partition coefficient (Wildman–Crippen LogP) is 3.83. The average molecular weight is 433 g/mol. The van der Waals surface area contributed by atoms with E-state index in [4.69, 9.17) is 4.74 Å². The van der Waals surface area contributed by atoms with Crippen LogP contribution in [0.3, 0.4) is 0 Å². The number of hydrogen-bond donors (Lipinski definition) is 2. The summed E-state index contributed by atoms with van der Waals surface area (Å²) in [6, 6.07) is 7.48. The van der Waals surface area contributed by atoms with Crippen molar-refractivity contribution in [1.29, 1.82) is 0 Å². The fourth-order valence-electron chi connectivity index (χ4n) is 4.33. The molecule has 2 N–H and O–H groups in total. The second-order valence-electron chi connectivity index (χ2n) is 7.87. The summed E-state index contributed by atoms with van der Waals surface area (Å²) < 4.78 is 5.32. The van der Waals surface area contributed by atoms with E-state index in [-0.39, 0.29) is 11.8 Å². The number of nitrogens with zero attached hydrogens (tertiary/aromatic N) is 2. The van der Waals surface area contributed by atoms with Crippen LogP contribution in [0.25, 0.3) is 10.9 Å². The van der Waals surface area contributed by atoms with Crippen molar-refractivity contribution in [3.8, 4) is 5.75 Å². The third-order valence-electron chi connectivity index (χ3n) is 6.07. The van der Waals surface area contributed by atoms with Crippen LogP contribution >= 0.6 is 11.8 Å². The van der Waals surface area contributed by atoms with Crippen LogP contribution in [-0.4, -0.2) is 64.3 Å². The Bertz CT molecular complexity index is 847. The lowest BCUT2D eigenvalue weighted by atomic mass is 9.81. The van der Waals surface area contributed by atoms with Gasteiger partial charge in [0.15, 0.2) is 0 Å². The van der Waals surface area contributed by atoms with Gasteiger partial charge in [0.05, 0.1) is 24.6 Å². The summed E-state index contributed by atoms with van der Waals surface area (Å²) in [5.41, 5.74) is 1.63. The van der Waals surface area contributed by atoms with Gasteiger partial charge in [0.25, 0.3) is 0 Å². The fourth-order valence-corrected chi connectivity index (χ4v) is 5.00. The molecule has 2 aromatic rings. The zero-order valence-corrected chi connectivity index (χ0v) is 18.6. The Morgan fingerprint density at radius 1 is 1.40 bits per heavy atom. The Morgan fingerprint density at radius 3 is 2.97 bits per heavy atom. The Balaban J connectivity index is 1.64. The minimum atomic E-state index is -0.721. The van der Waals surface area contributed by atoms with Crippen LogP contribution < -0.4 is 4.74 Å². The van der Waals surface area contributed by atoms with Crippen LogP contribution in [-0.2, 0) is 4.79 Å². The molecule has 1 aromatic carbocycles. The molecule has 0 amide bonds. The standard InChI is InChI=1S/C23H32N2O4S/c1-3-30-13-12-25-11-9-16(20(15-25)23(27)28)4-7-22(26)18-8-10-24-21-6-5-17(29-2)14-19(18)21/h5-6,8,10,14,16,20,22,26H,3-4,7,9,11-13,15H2,1-2H3,(H,27,28)/t16-,20+,22?/m1/s1. The molecule has 30 heavy (non-hydrogen) atoms. The van der Waals surface area contributed by atoms with Gasteiger partial charge in [0.2, 0.25) is 0 Å². The Morgan fingerprint density at radius 2 is 2.23 bits per heavy atom. The lowest BCUT2D eigenvalue weighted by molar-refractivity contribution is -0.146. The largest absolute Gasteiger partial charge is 0.497 e. The van der Waals surface area contributed by atoms with Gasteiger partial charge < -0.3 is 19.8 Å². The van der Waals surface area contributed by atoms with Crippen molar-refractivity contribution in [3.05, 3.63) is 36.0 Å². The summed E-state index contributed by atoms with van der Waals surface area (Å²) >= 11 is 1.89. The summed E-state index contributed by atoms with van der Waals surface area (Å²) in [6.07, 6.45) is 3.15. The number of aliphatic carboxylic acids is 1. The van der Waals surface area contributed by atoms with Gasteiger partial charge in [-0.2, -0.15) is 11.8 Å². The van der Waals surface area contributed by atoms with Crippen LogP contribution in [0, 0.1) is 11.8 Å². The van der Waals surface area contributed by atoms with E-state index < -0.39 is 12.1 Å². The van der Waals surface area contributed by atoms with E-state index in [0.29, 0.717) is 19.4 Å². The molecular weight excluding hydrogens is 400 g/mol. The maximum atomic E-state index is 11.9. The molecule has 1 saturated heterocycles. The van der Waals surface area contributed by atoms with Crippen LogP contribution in [0.4, 0.5) is 0 Å². The van der Waals surface area contributed by atoms with Gasteiger partial charge in [0.1, 0.15) is 5.75 Å². The lowest BCUT2D eigenvalue weighted by Crippen LogP contribution is -2.44. The number of aliphatic hydroxyl groups is 1. The molecule has 0 aliphatic carbocycles. The van der Waals surface area contributed by atoms with Gasteiger partial charge in [-0.1, -0.05) is 6.92 Å². The number of aromatic nitrogens is 1. The number of likely N-dealkylation sites (tertiary alicyclic amines) is 1. The smallest absolute Gasteiger partial charge is 0.308 e. The predicted molar refractivity (Wildman–Crippen MR) is 121 cm³/mol. The number of thioether (sulfide) groups is 1. The first-order valence-electron chi connectivity index (χ1n) is 10.7. The van der Waals surface area contributed by atoms with E-state index in [1.54, 1.807) is 13.3 Å². The normalized spacial score (nSPS) is 20.9. The van der Waals surface area contributed by atoms with Crippen LogP contribution in [0.5, 0.6) is 5.75 Å². The number of piperidine rings is 1. The number of benzene rings is 1. The van der Waals surface area contributed by atoms with Crippen LogP contribution in [0.2, 0.25) is 0 Å². The molecule has 7 heteroatoms. The molecule has 0 saturated carbocycles. The highest BCUT2D eigenvalue weighted by Crippen LogP contribution is 2.33. The lowest BCUT2D eigenvalue weighted by Gasteiger charge is -2.36. The zero-order chi connectivity index (χ0) is 21.5. The second kappa shape index (κ2) is 11.0. The number of ether oxygens (including phenoxy) is 1. The molecule has 0 spiro atoms. The number of methoxy groups -OCH3 is 1. The molecule has 3 rings (SSSR count). The maximum Gasteiger partial charge on any atom is 0.308 e. The van der Waals surface area contributed by atoms with Gasteiger partial charge in [0, 0.05) is 30.4 Å². The SMILES string of the molecule is CCSCCN1CC[C@@H](CCC(O)c2ccnc3ccc(OC)cc23)[C@@H](C(=O)O)C1. The van der Waals surface area contributed by atoms with E-state index in [1.807, 2.05) is 36.0 Å². The average Bonchev–Trinajstić information content (AvgIpc) is 2.77. The van der Waals surface area contributed by atoms with Crippen molar-refractivity contribution in [2.45, 2.75) is 32.3 Å². The summed E-state index contributed by atoms with van der Waals surface area (Å²) in [5, 5.41) is 21.5. The van der Waals surface area contributed by atoms with Crippen molar-refractivity contribution >= 4 is 28.6 Å². The molecule has 0 bridgehead atoms.